The molecule has 0 saturated heterocycles. The Hall–Kier alpha value is -1.01. The Balaban J connectivity index is 2.31. The van der Waals surface area contributed by atoms with Crippen molar-refractivity contribution in [2.24, 2.45) is 5.84 Å². The van der Waals surface area contributed by atoms with Crippen LogP contribution in [0.3, 0.4) is 0 Å². The molecule has 2 aromatic rings. The van der Waals surface area contributed by atoms with Crippen LogP contribution in [0.5, 0.6) is 0 Å². The first-order valence-corrected chi connectivity index (χ1v) is 7.04. The van der Waals surface area contributed by atoms with Crippen molar-refractivity contribution in [3.63, 3.8) is 0 Å². The molecule has 106 valence electrons. The first kappa shape index (κ1) is 15.4. The maximum atomic E-state index is 13.7. The lowest BCUT2D eigenvalue weighted by Gasteiger charge is -2.18. The first-order chi connectivity index (χ1) is 9.52. The van der Waals surface area contributed by atoms with E-state index in [-0.39, 0.29) is 12.0 Å². The fraction of sp³-hybridized carbons (Fsp3) is 0.143. The van der Waals surface area contributed by atoms with Gasteiger partial charge in [-0.1, -0.05) is 23.7 Å². The number of rotatable bonds is 4. The molecule has 2 rings (SSSR count). The zero-order valence-electron chi connectivity index (χ0n) is 10.3. The SMILES string of the molecule is NNC(Cc1c(F)cccc1F)c1ccc(Br)c(Cl)c1. The highest BCUT2D eigenvalue weighted by atomic mass is 79.9. The average Bonchev–Trinajstić information content (AvgIpc) is 2.42. The maximum absolute atomic E-state index is 13.7. The van der Waals surface area contributed by atoms with Gasteiger partial charge in [0.25, 0.3) is 0 Å². The Bertz CT molecular complexity index is 602. The summed E-state index contributed by atoms with van der Waals surface area (Å²) < 4.78 is 28.1. The Morgan fingerprint density at radius 2 is 1.85 bits per heavy atom. The van der Waals surface area contributed by atoms with Gasteiger partial charge in [-0.2, -0.15) is 0 Å². The fourth-order valence-corrected chi connectivity index (χ4v) is 2.37. The topological polar surface area (TPSA) is 38.0 Å². The molecule has 3 N–H and O–H groups in total. The van der Waals surface area contributed by atoms with E-state index in [0.717, 1.165) is 10.0 Å². The number of nitrogens with two attached hydrogens (primary N) is 1. The second-order valence-corrected chi connectivity index (χ2v) is 5.56. The van der Waals surface area contributed by atoms with Crippen LogP contribution < -0.4 is 11.3 Å². The van der Waals surface area contributed by atoms with Crippen molar-refractivity contribution in [2.75, 3.05) is 0 Å². The van der Waals surface area contributed by atoms with E-state index in [0.29, 0.717) is 5.02 Å². The highest BCUT2D eigenvalue weighted by molar-refractivity contribution is 9.10. The minimum Gasteiger partial charge on any atom is -0.271 e. The van der Waals surface area contributed by atoms with Crippen LogP contribution in [-0.2, 0) is 6.42 Å². The number of hydrogen-bond acceptors (Lipinski definition) is 2. The highest BCUT2D eigenvalue weighted by Gasteiger charge is 2.17. The molecule has 0 radical (unpaired) electrons. The van der Waals surface area contributed by atoms with Crippen LogP contribution in [-0.4, -0.2) is 0 Å². The van der Waals surface area contributed by atoms with Gasteiger partial charge in [-0.05, 0) is 52.2 Å². The molecule has 0 aliphatic heterocycles. The van der Waals surface area contributed by atoms with Crippen molar-refractivity contribution in [1.82, 2.24) is 5.43 Å². The van der Waals surface area contributed by atoms with E-state index >= 15 is 0 Å². The second kappa shape index (κ2) is 6.63. The summed E-state index contributed by atoms with van der Waals surface area (Å²) in [4.78, 5) is 0. The maximum Gasteiger partial charge on any atom is 0.129 e. The van der Waals surface area contributed by atoms with E-state index in [9.17, 15) is 8.78 Å². The molecule has 1 unspecified atom stereocenters. The number of halogens is 4. The normalized spacial score (nSPS) is 12.4. The molecular formula is C14H12BrClF2N2. The van der Waals surface area contributed by atoms with Gasteiger partial charge in [0.1, 0.15) is 11.6 Å². The smallest absolute Gasteiger partial charge is 0.129 e. The molecule has 0 fully saturated rings. The Morgan fingerprint density at radius 3 is 2.40 bits per heavy atom. The predicted molar refractivity (Wildman–Crippen MR) is 79.3 cm³/mol. The predicted octanol–water partition coefficient (Wildman–Crippen LogP) is 4.13. The van der Waals surface area contributed by atoms with Gasteiger partial charge in [0.15, 0.2) is 0 Å². The molecule has 0 aliphatic carbocycles. The molecule has 1 atom stereocenters. The molecule has 20 heavy (non-hydrogen) atoms. The molecule has 2 aromatic carbocycles. The quantitative estimate of drug-likeness (QED) is 0.635. The van der Waals surface area contributed by atoms with Gasteiger partial charge < -0.3 is 0 Å². The molecule has 0 aliphatic rings. The van der Waals surface area contributed by atoms with Crippen molar-refractivity contribution in [2.45, 2.75) is 12.5 Å². The minimum atomic E-state index is -0.589. The number of nitrogens with one attached hydrogen (secondary N) is 1. The van der Waals surface area contributed by atoms with Crippen LogP contribution in [0.4, 0.5) is 8.78 Å². The van der Waals surface area contributed by atoms with Gasteiger partial charge in [0.2, 0.25) is 0 Å². The molecule has 0 spiro atoms. The summed E-state index contributed by atoms with van der Waals surface area (Å²) in [6.45, 7) is 0. The van der Waals surface area contributed by atoms with Gasteiger partial charge in [-0.3, -0.25) is 11.3 Å². The largest absolute Gasteiger partial charge is 0.271 e. The average molecular weight is 362 g/mol. The zero-order chi connectivity index (χ0) is 14.7. The third-order valence-corrected chi connectivity index (χ3v) is 4.25. The van der Waals surface area contributed by atoms with Crippen LogP contribution in [0.1, 0.15) is 17.2 Å². The summed E-state index contributed by atoms with van der Waals surface area (Å²) >= 11 is 9.30. The second-order valence-electron chi connectivity index (χ2n) is 4.30. The number of hydrazine groups is 1. The Morgan fingerprint density at radius 1 is 1.20 bits per heavy atom. The lowest BCUT2D eigenvalue weighted by atomic mass is 9.98. The van der Waals surface area contributed by atoms with Gasteiger partial charge in [0.05, 0.1) is 11.1 Å². The summed E-state index contributed by atoms with van der Waals surface area (Å²) in [6, 6.07) is 8.59. The summed E-state index contributed by atoms with van der Waals surface area (Å²) in [5.74, 6) is 4.31. The van der Waals surface area contributed by atoms with Gasteiger partial charge in [0, 0.05) is 10.0 Å². The number of benzene rings is 2. The summed E-state index contributed by atoms with van der Waals surface area (Å²) in [6.07, 6.45) is 0.0902. The molecule has 0 bridgehead atoms. The summed E-state index contributed by atoms with van der Waals surface area (Å²) in [5, 5.41) is 0.511. The molecular weight excluding hydrogens is 350 g/mol. The highest BCUT2D eigenvalue weighted by Crippen LogP contribution is 2.28. The Kier molecular flexibility index (Phi) is 5.10. The molecule has 0 heterocycles. The van der Waals surface area contributed by atoms with Crippen molar-refractivity contribution >= 4 is 27.5 Å². The lowest BCUT2D eigenvalue weighted by Crippen LogP contribution is -2.30. The van der Waals surface area contributed by atoms with Gasteiger partial charge in [-0.25, -0.2) is 8.78 Å². The third-order valence-electron chi connectivity index (χ3n) is 3.02. The number of hydrogen-bond donors (Lipinski definition) is 2. The van der Waals surface area contributed by atoms with Crippen molar-refractivity contribution in [3.05, 3.63) is 68.7 Å². The van der Waals surface area contributed by atoms with Crippen LogP contribution in [0, 0.1) is 11.6 Å². The molecule has 6 heteroatoms. The standard InChI is InChI=1S/C14H12BrClF2N2/c15-10-5-4-8(6-11(10)16)14(20-19)7-9-12(17)2-1-3-13(9)18/h1-6,14,20H,7,19H2. The zero-order valence-corrected chi connectivity index (χ0v) is 12.7. The van der Waals surface area contributed by atoms with Gasteiger partial charge >= 0.3 is 0 Å². The first-order valence-electron chi connectivity index (χ1n) is 5.87. The van der Waals surface area contributed by atoms with Gasteiger partial charge in [-0.15, -0.1) is 0 Å². The summed E-state index contributed by atoms with van der Waals surface area (Å²) in [5.41, 5.74) is 3.31. The van der Waals surface area contributed by atoms with Crippen LogP contribution >= 0.6 is 27.5 Å². The Labute approximate surface area is 129 Å². The lowest BCUT2D eigenvalue weighted by molar-refractivity contribution is 0.500. The van der Waals surface area contributed by atoms with Crippen LogP contribution in [0.2, 0.25) is 5.02 Å². The van der Waals surface area contributed by atoms with E-state index in [1.54, 1.807) is 18.2 Å². The molecule has 0 aromatic heterocycles. The van der Waals surface area contributed by atoms with E-state index in [2.05, 4.69) is 21.4 Å². The van der Waals surface area contributed by atoms with Crippen molar-refractivity contribution in [3.8, 4) is 0 Å². The monoisotopic (exact) mass is 360 g/mol. The van der Waals surface area contributed by atoms with Crippen LogP contribution in [0.25, 0.3) is 0 Å². The molecule has 0 saturated carbocycles. The van der Waals surface area contributed by atoms with E-state index < -0.39 is 17.7 Å². The van der Waals surface area contributed by atoms with Crippen molar-refractivity contribution in [1.29, 1.82) is 0 Å². The molecule has 2 nitrogen and oxygen atoms in total. The van der Waals surface area contributed by atoms with E-state index in [1.165, 1.54) is 18.2 Å². The minimum absolute atomic E-state index is 0.00510. The van der Waals surface area contributed by atoms with Crippen molar-refractivity contribution < 1.29 is 8.78 Å². The van der Waals surface area contributed by atoms with E-state index in [4.69, 9.17) is 17.4 Å². The third kappa shape index (κ3) is 3.35. The van der Waals surface area contributed by atoms with Crippen LogP contribution in [0.15, 0.2) is 40.9 Å². The summed E-state index contributed by atoms with van der Waals surface area (Å²) in [7, 11) is 0. The fourth-order valence-electron chi connectivity index (χ4n) is 1.93. The molecule has 0 amide bonds. The van der Waals surface area contributed by atoms with E-state index in [1.807, 2.05) is 0 Å².